The number of ether oxygens (including phenoxy) is 7. The van der Waals surface area contributed by atoms with Crippen molar-refractivity contribution in [2.24, 2.45) is 23.7 Å². The van der Waals surface area contributed by atoms with Crippen molar-refractivity contribution in [2.75, 3.05) is 34.2 Å². The predicted molar refractivity (Wildman–Crippen MR) is 337 cm³/mol. The van der Waals surface area contributed by atoms with Crippen LogP contribution in [0.15, 0.2) is 48.5 Å². The molecule has 2 heterocycles. The molecule has 0 bridgehead atoms. The van der Waals surface area contributed by atoms with Crippen LogP contribution in [0.1, 0.15) is 166 Å². The van der Waals surface area contributed by atoms with Gasteiger partial charge in [-0.2, -0.15) is 0 Å². The molecule has 2 aliphatic heterocycles. The number of benzene rings is 2. The minimum absolute atomic E-state index is 0.00728. The molecular weight excluding hydrogens is 1150 g/mol. The standard InChI is InChI=1S/C66H107N5O16Si/c1-20-44(12)56(54(87-88(41(6)7,42(8)9)43(10)11)34-55(73)85-58(40(4)5)59(45(13)36-72)83-38-80-18)68-60(74)57(69-65(79)86-66(15,16)17)46(14)84-63(77)53-33-48-28-29-50(81-19)32-49(48)35-71(53)62(76)52-27-24-30-70(52)61(75)51(31-39(2)3)67-64(78)82-37-47-25-22-21-23-26-47/h21-23,25-26,28-29,32,39-46,51-54,56-59,72H,20,24,27,30-31,33-38H2,1-19H3,(H,67,78)(H,68,74)(H,69,79)/t44-,45+,46+,51-,52-,53-,54-,56+,57-,58-,59-/m0/s1. The van der Waals surface area contributed by atoms with Crippen molar-refractivity contribution in [3.05, 3.63) is 65.2 Å². The summed E-state index contributed by atoms with van der Waals surface area (Å²) in [7, 11) is 0.135. The summed E-state index contributed by atoms with van der Waals surface area (Å²) in [5.41, 5.74) is 1.37. The van der Waals surface area contributed by atoms with Crippen LogP contribution in [-0.2, 0) is 76.4 Å². The first kappa shape index (κ1) is 74.6. The number of esters is 2. The van der Waals surface area contributed by atoms with Gasteiger partial charge >= 0.3 is 24.1 Å². The molecule has 21 nitrogen and oxygen atoms in total. The Balaban J connectivity index is 1.77. The number of aliphatic hydroxyl groups is 1. The van der Waals surface area contributed by atoms with Crippen LogP contribution in [0, 0.1) is 23.7 Å². The molecule has 496 valence electrons. The fourth-order valence-electron chi connectivity index (χ4n) is 12.4. The number of carbonyl (C=O) groups excluding carboxylic acids is 7. The Bertz CT molecular complexity index is 2560. The van der Waals surface area contributed by atoms with Crippen LogP contribution >= 0.6 is 0 Å². The number of aliphatic hydroxyl groups excluding tert-OH is 1. The maximum Gasteiger partial charge on any atom is 0.408 e. The number of hydrogen-bond acceptors (Lipinski definition) is 16. The largest absolute Gasteiger partial charge is 0.497 e. The van der Waals surface area contributed by atoms with Gasteiger partial charge in [0.2, 0.25) is 26.0 Å². The van der Waals surface area contributed by atoms with Crippen LogP contribution in [0.4, 0.5) is 9.59 Å². The van der Waals surface area contributed by atoms with Crippen molar-refractivity contribution in [3.8, 4) is 5.75 Å². The molecule has 2 aromatic rings. The number of amides is 5. The van der Waals surface area contributed by atoms with Crippen LogP contribution < -0.4 is 20.7 Å². The molecule has 0 aliphatic carbocycles. The zero-order valence-electron chi connectivity index (χ0n) is 56.1. The molecule has 2 aliphatic rings. The topological polar surface area (TPSA) is 256 Å². The van der Waals surface area contributed by atoms with Gasteiger partial charge in [0, 0.05) is 39.1 Å². The van der Waals surface area contributed by atoms with Crippen molar-refractivity contribution in [1.29, 1.82) is 0 Å². The van der Waals surface area contributed by atoms with E-state index in [2.05, 4.69) is 57.5 Å². The lowest BCUT2D eigenvalue weighted by molar-refractivity contribution is -0.181. The van der Waals surface area contributed by atoms with Gasteiger partial charge in [0.05, 0.1) is 25.7 Å². The monoisotopic (exact) mass is 1250 g/mol. The third-order valence-corrected chi connectivity index (χ3v) is 23.2. The van der Waals surface area contributed by atoms with Crippen molar-refractivity contribution < 1.29 is 76.3 Å². The highest BCUT2D eigenvalue weighted by molar-refractivity contribution is 6.77. The molecule has 0 aromatic heterocycles. The Morgan fingerprint density at radius 1 is 0.750 bits per heavy atom. The molecule has 1 fully saturated rings. The molecule has 11 atom stereocenters. The minimum atomic E-state index is -2.87. The van der Waals surface area contributed by atoms with Gasteiger partial charge in [-0.15, -0.1) is 0 Å². The lowest BCUT2D eigenvalue weighted by Gasteiger charge is -2.47. The highest BCUT2D eigenvalue weighted by atomic mass is 28.4. The molecule has 0 spiro atoms. The van der Waals surface area contributed by atoms with Crippen LogP contribution in [-0.4, -0.2) is 159 Å². The molecular formula is C66H107N5O16Si. The molecule has 2 aromatic carbocycles. The van der Waals surface area contributed by atoms with E-state index in [9.17, 15) is 24.3 Å². The number of fused-ring (bicyclic) bond motifs is 1. The zero-order valence-corrected chi connectivity index (χ0v) is 57.1. The fraction of sp³-hybridized carbons (Fsp3) is 0.712. The second-order valence-corrected chi connectivity index (χ2v) is 32.1. The minimum Gasteiger partial charge on any atom is -0.497 e. The Morgan fingerprint density at radius 2 is 1.40 bits per heavy atom. The third-order valence-electron chi connectivity index (χ3n) is 17.0. The zero-order chi connectivity index (χ0) is 66.0. The highest BCUT2D eigenvalue weighted by Gasteiger charge is 2.50. The first-order valence-electron chi connectivity index (χ1n) is 31.7. The van der Waals surface area contributed by atoms with Gasteiger partial charge in [-0.3, -0.25) is 19.2 Å². The number of likely N-dealkylation sites (tertiary alicyclic amines) is 1. The molecule has 0 saturated carbocycles. The average Bonchev–Trinajstić information content (AvgIpc) is 2.59. The number of hydrogen-bond donors (Lipinski definition) is 4. The number of nitrogens with zero attached hydrogens (tertiary/aromatic N) is 2. The molecule has 88 heavy (non-hydrogen) atoms. The van der Waals surface area contributed by atoms with Crippen LogP contribution in [0.25, 0.3) is 0 Å². The number of carbonyl (C=O) groups is 7. The molecule has 0 radical (unpaired) electrons. The van der Waals surface area contributed by atoms with Crippen LogP contribution in [0.3, 0.4) is 0 Å². The maximum atomic E-state index is 15.4. The quantitative estimate of drug-likeness (QED) is 0.0230. The predicted octanol–water partition coefficient (Wildman–Crippen LogP) is 9.77. The third kappa shape index (κ3) is 20.6. The second kappa shape index (κ2) is 34.4. The maximum absolute atomic E-state index is 15.4. The first-order valence-corrected chi connectivity index (χ1v) is 33.8. The summed E-state index contributed by atoms with van der Waals surface area (Å²) in [6.07, 6.45) is -4.45. The smallest absolute Gasteiger partial charge is 0.408 e. The van der Waals surface area contributed by atoms with E-state index in [0.717, 1.165) is 11.1 Å². The SMILES string of the molecule is CC[C@H](C)[C@@H](NC(=O)[C@@H](NC(=O)OC(C)(C)C)[C@@H](C)OC(=O)[C@@H]1Cc2ccc(OC)cc2CN1C(=O)[C@@H]1CCCN1C(=O)[C@H](CC(C)C)NC(=O)OCc1ccccc1)[C@H](CC(=O)O[C@@H](C(C)C)[C@@H](OCOC)[C@H](C)CO)O[Si](C(C)C)(C(C)C)C(C)C. The first-order chi connectivity index (χ1) is 41.3. The number of methoxy groups -OCH3 is 2. The van der Waals surface area contributed by atoms with Gasteiger partial charge in [-0.05, 0) is 110 Å². The summed E-state index contributed by atoms with van der Waals surface area (Å²) in [6, 6.07) is 8.70. The van der Waals surface area contributed by atoms with Gasteiger partial charge in [0.15, 0.2) is 0 Å². The van der Waals surface area contributed by atoms with Crippen LogP contribution in [0.2, 0.25) is 16.6 Å². The van der Waals surface area contributed by atoms with Crippen molar-refractivity contribution in [3.63, 3.8) is 0 Å². The van der Waals surface area contributed by atoms with E-state index < -0.39 is 116 Å². The van der Waals surface area contributed by atoms with Crippen molar-refractivity contribution in [1.82, 2.24) is 25.8 Å². The van der Waals surface area contributed by atoms with E-state index in [4.69, 9.17) is 37.6 Å². The lowest BCUT2D eigenvalue weighted by Crippen LogP contribution is -2.62. The number of nitrogens with one attached hydrogen (secondary N) is 3. The Labute approximate surface area is 525 Å². The van der Waals surface area contributed by atoms with E-state index in [0.29, 0.717) is 24.2 Å². The average molecular weight is 1250 g/mol. The van der Waals surface area contributed by atoms with Gasteiger partial charge in [0.1, 0.15) is 67.2 Å². The number of alkyl carbamates (subject to hydrolysis) is 2. The second-order valence-electron chi connectivity index (χ2n) is 26.7. The molecule has 1 saturated heterocycles. The molecule has 4 rings (SSSR count). The molecule has 0 unspecified atom stereocenters. The summed E-state index contributed by atoms with van der Waals surface area (Å²) in [6.45, 7) is 32.3. The van der Waals surface area contributed by atoms with Crippen LogP contribution in [0.5, 0.6) is 5.75 Å². The molecule has 4 N–H and O–H groups in total. The van der Waals surface area contributed by atoms with Gasteiger partial charge in [0.25, 0.3) is 0 Å². The highest BCUT2D eigenvalue weighted by Crippen LogP contribution is 2.44. The Morgan fingerprint density at radius 3 is 1.95 bits per heavy atom. The van der Waals surface area contributed by atoms with Gasteiger partial charge in [-0.25, -0.2) is 14.4 Å². The van der Waals surface area contributed by atoms with Crippen molar-refractivity contribution in [2.45, 2.75) is 246 Å². The molecule has 5 amide bonds. The summed E-state index contributed by atoms with van der Waals surface area (Å²) in [5.74, 6) is -3.77. The summed E-state index contributed by atoms with van der Waals surface area (Å²) < 4.78 is 48.2. The van der Waals surface area contributed by atoms with E-state index in [1.54, 1.807) is 39.8 Å². The van der Waals surface area contributed by atoms with E-state index >= 15 is 14.4 Å². The Hall–Kier alpha value is -5.81. The summed E-state index contributed by atoms with van der Waals surface area (Å²) in [5, 5.41) is 18.9. The van der Waals surface area contributed by atoms with E-state index in [1.807, 2.05) is 77.9 Å². The number of rotatable bonds is 32. The molecule has 22 heteroatoms. The van der Waals surface area contributed by atoms with Crippen molar-refractivity contribution >= 4 is 50.2 Å². The van der Waals surface area contributed by atoms with Gasteiger partial charge in [-0.1, -0.05) is 133 Å². The Kier molecular flexibility index (Phi) is 29.2. The van der Waals surface area contributed by atoms with Gasteiger partial charge < -0.3 is 68.4 Å². The lowest BCUT2D eigenvalue weighted by atomic mass is 9.91. The fourth-order valence-corrected chi connectivity index (χ4v) is 17.9. The normalized spacial score (nSPS) is 18.6. The van der Waals surface area contributed by atoms with E-state index in [1.165, 1.54) is 30.9 Å². The summed E-state index contributed by atoms with van der Waals surface area (Å²) >= 11 is 0. The van der Waals surface area contributed by atoms with E-state index in [-0.39, 0.29) is 93.2 Å². The summed E-state index contributed by atoms with van der Waals surface area (Å²) in [4.78, 5) is 105.